The van der Waals surface area contributed by atoms with Gasteiger partial charge >= 0.3 is 0 Å². The first-order valence-electron chi connectivity index (χ1n) is 11.6. The maximum Gasteiger partial charge on any atom is 0.273 e. The Kier molecular flexibility index (Phi) is 7.82. The van der Waals surface area contributed by atoms with E-state index in [4.69, 9.17) is 4.74 Å². The number of ether oxygens (including phenoxy) is 1. The first-order chi connectivity index (χ1) is 17.9. The molecule has 1 aromatic heterocycles. The van der Waals surface area contributed by atoms with E-state index in [1.165, 1.54) is 4.57 Å². The molecule has 0 bridgehead atoms. The second-order valence-corrected chi connectivity index (χ2v) is 9.35. The number of thiazole rings is 1. The molecule has 0 unspecified atom stereocenters. The van der Waals surface area contributed by atoms with Gasteiger partial charge in [0.2, 0.25) is 0 Å². The van der Waals surface area contributed by atoms with Crippen LogP contribution in [0.15, 0.2) is 90.2 Å². The summed E-state index contributed by atoms with van der Waals surface area (Å²) in [6, 6.07) is 24.0. The highest BCUT2D eigenvalue weighted by molar-refractivity contribution is 7.07. The zero-order chi connectivity index (χ0) is 26.4. The minimum absolute atomic E-state index is 0.140. The second-order valence-electron chi connectivity index (χ2n) is 8.32. The van der Waals surface area contributed by atoms with E-state index in [0.29, 0.717) is 28.3 Å². The van der Waals surface area contributed by atoms with Gasteiger partial charge < -0.3 is 10.1 Å². The minimum Gasteiger partial charge on any atom is -0.490 e. The number of nitriles is 1. The zero-order valence-corrected chi connectivity index (χ0v) is 21.3. The number of nitrogens with zero attached hydrogens (tertiary/aromatic N) is 2. The summed E-state index contributed by atoms with van der Waals surface area (Å²) in [7, 11) is 0. The Morgan fingerprint density at radius 1 is 1.08 bits per heavy atom. The van der Waals surface area contributed by atoms with Gasteiger partial charge in [0, 0.05) is 5.69 Å². The third kappa shape index (κ3) is 5.77. The van der Waals surface area contributed by atoms with E-state index in [9.17, 15) is 14.9 Å². The number of rotatable bonds is 7. The molecule has 184 valence electrons. The lowest BCUT2D eigenvalue weighted by Gasteiger charge is -2.08. The molecule has 1 N–H and O–H groups in total. The Bertz CT molecular complexity index is 1670. The Morgan fingerprint density at radius 3 is 2.43 bits per heavy atom. The fourth-order valence-electron chi connectivity index (χ4n) is 3.68. The van der Waals surface area contributed by atoms with Gasteiger partial charge in [-0.1, -0.05) is 60.7 Å². The molecule has 0 radical (unpaired) electrons. The van der Waals surface area contributed by atoms with Crippen LogP contribution in [-0.4, -0.2) is 17.1 Å². The van der Waals surface area contributed by atoms with Gasteiger partial charge in [0.1, 0.15) is 23.1 Å². The van der Waals surface area contributed by atoms with Crippen LogP contribution in [0.4, 0.5) is 5.69 Å². The number of aromatic nitrogens is 1. The van der Waals surface area contributed by atoms with Crippen molar-refractivity contribution in [2.45, 2.75) is 13.8 Å². The number of benzene rings is 3. The van der Waals surface area contributed by atoms with Gasteiger partial charge in [0.05, 0.1) is 10.2 Å². The summed E-state index contributed by atoms with van der Waals surface area (Å²) in [4.78, 5) is 26.8. The quantitative estimate of drug-likeness (QED) is 0.380. The van der Waals surface area contributed by atoms with E-state index in [0.717, 1.165) is 28.0 Å². The molecule has 0 spiro atoms. The summed E-state index contributed by atoms with van der Waals surface area (Å²) in [5.74, 6) is 0.110. The molecule has 0 saturated heterocycles. The lowest BCUT2D eigenvalue weighted by molar-refractivity contribution is -0.111. The summed E-state index contributed by atoms with van der Waals surface area (Å²) in [5.41, 5.74) is 3.41. The van der Waals surface area contributed by atoms with Crippen molar-refractivity contribution < 1.29 is 9.53 Å². The van der Waals surface area contributed by atoms with Crippen LogP contribution >= 0.6 is 11.3 Å². The molecule has 37 heavy (non-hydrogen) atoms. The number of para-hydroxylation sites is 1. The van der Waals surface area contributed by atoms with Crippen LogP contribution in [0.2, 0.25) is 0 Å². The molecule has 0 aliphatic heterocycles. The van der Waals surface area contributed by atoms with Gasteiger partial charge in [-0.15, -0.1) is 11.3 Å². The first kappa shape index (κ1) is 25.4. The van der Waals surface area contributed by atoms with Crippen LogP contribution in [-0.2, 0) is 4.79 Å². The van der Waals surface area contributed by atoms with Crippen LogP contribution in [0.5, 0.6) is 5.75 Å². The average Bonchev–Trinajstić information content (AvgIpc) is 3.20. The first-order valence-corrected chi connectivity index (χ1v) is 12.4. The molecule has 3 aromatic carbocycles. The van der Waals surface area contributed by atoms with Crippen molar-refractivity contribution in [3.8, 4) is 17.5 Å². The summed E-state index contributed by atoms with van der Waals surface area (Å²) in [6.45, 7) is 7.87. The van der Waals surface area contributed by atoms with E-state index in [2.05, 4.69) is 11.9 Å². The van der Waals surface area contributed by atoms with Gasteiger partial charge in [-0.3, -0.25) is 14.2 Å². The molecular weight excluding hydrogens is 482 g/mol. The van der Waals surface area contributed by atoms with Crippen molar-refractivity contribution >= 4 is 34.6 Å². The second kappa shape index (κ2) is 11.4. The Morgan fingerprint density at radius 2 is 1.78 bits per heavy atom. The number of nitrogens with one attached hydrogen (secondary N) is 1. The van der Waals surface area contributed by atoms with Crippen molar-refractivity contribution in [3.63, 3.8) is 0 Å². The Labute approximate surface area is 218 Å². The maximum atomic E-state index is 13.6. The smallest absolute Gasteiger partial charge is 0.273 e. The van der Waals surface area contributed by atoms with Crippen molar-refractivity contribution in [3.05, 3.63) is 122 Å². The van der Waals surface area contributed by atoms with E-state index >= 15 is 0 Å². The Hall–Kier alpha value is -4.67. The van der Waals surface area contributed by atoms with Crippen molar-refractivity contribution in [2.75, 3.05) is 11.9 Å². The number of hydrogen-bond acceptors (Lipinski definition) is 5. The van der Waals surface area contributed by atoms with Gasteiger partial charge in [-0.25, -0.2) is 0 Å². The standard InChI is InChI=1S/C30H25N3O3S/c1-4-17-36-24-15-11-22(12-16-24)18-27-29(35)33(26-8-6-5-7-21(26)3)30(37-27)25(19-31)28(34)32-23-13-9-20(2)10-14-23/h4-16,18H,1,17H2,2-3H3,(H,32,34)/b27-18?,30-25-. The fraction of sp³-hybridized carbons (Fsp3) is 0.100. The lowest BCUT2D eigenvalue weighted by Crippen LogP contribution is -2.32. The average molecular weight is 508 g/mol. The zero-order valence-electron chi connectivity index (χ0n) is 20.5. The van der Waals surface area contributed by atoms with Gasteiger partial charge in [0.15, 0.2) is 5.57 Å². The molecule has 0 atom stereocenters. The number of aryl methyl sites for hydroxylation is 2. The molecule has 4 aromatic rings. The predicted molar refractivity (Wildman–Crippen MR) is 148 cm³/mol. The topological polar surface area (TPSA) is 84.1 Å². The van der Waals surface area contributed by atoms with Crippen LogP contribution in [0.1, 0.15) is 16.7 Å². The summed E-state index contributed by atoms with van der Waals surface area (Å²) in [6.07, 6.45) is 3.41. The summed E-state index contributed by atoms with van der Waals surface area (Å²) < 4.78 is 7.64. The Balaban J connectivity index is 1.89. The maximum absolute atomic E-state index is 13.6. The molecule has 0 aliphatic carbocycles. The molecule has 1 amide bonds. The van der Waals surface area contributed by atoms with Crippen molar-refractivity contribution in [2.24, 2.45) is 0 Å². The van der Waals surface area contributed by atoms with E-state index < -0.39 is 5.91 Å². The molecule has 0 fully saturated rings. The molecule has 6 nitrogen and oxygen atoms in total. The summed E-state index contributed by atoms with van der Waals surface area (Å²) in [5, 5.41) is 12.8. The van der Waals surface area contributed by atoms with Crippen LogP contribution < -0.4 is 24.8 Å². The largest absolute Gasteiger partial charge is 0.490 e. The number of amides is 1. The highest BCUT2D eigenvalue weighted by Gasteiger charge is 2.18. The minimum atomic E-state index is -0.579. The fourth-order valence-corrected chi connectivity index (χ4v) is 4.77. The SMILES string of the molecule is C=CCOc1ccc(C=c2s/c(=C(/C#N)C(=O)Nc3ccc(C)cc3)n(-c3ccccc3C)c2=O)cc1. The molecule has 4 rings (SSSR count). The lowest BCUT2D eigenvalue weighted by atomic mass is 10.2. The molecule has 7 heteroatoms. The predicted octanol–water partition coefficient (Wildman–Crippen LogP) is 4.22. The monoisotopic (exact) mass is 507 g/mol. The molecular formula is C30H25N3O3S. The molecule has 1 heterocycles. The third-order valence-corrected chi connectivity index (χ3v) is 6.68. The van der Waals surface area contributed by atoms with Gasteiger partial charge in [-0.2, -0.15) is 5.26 Å². The van der Waals surface area contributed by atoms with E-state index in [1.807, 2.05) is 74.5 Å². The highest BCUT2D eigenvalue weighted by Crippen LogP contribution is 2.14. The molecule has 0 saturated carbocycles. The summed E-state index contributed by atoms with van der Waals surface area (Å²) >= 11 is 1.11. The van der Waals surface area contributed by atoms with E-state index in [1.54, 1.807) is 30.4 Å². The number of hydrogen-bond donors (Lipinski definition) is 1. The van der Waals surface area contributed by atoms with Gasteiger partial charge in [0.25, 0.3) is 11.5 Å². The molecule has 0 aliphatic rings. The normalized spacial score (nSPS) is 12.0. The van der Waals surface area contributed by atoms with E-state index in [-0.39, 0.29) is 15.8 Å². The van der Waals surface area contributed by atoms with Gasteiger partial charge in [-0.05, 0) is 61.4 Å². The van der Waals surface area contributed by atoms with Crippen molar-refractivity contribution in [1.29, 1.82) is 5.26 Å². The highest BCUT2D eigenvalue weighted by atomic mass is 32.1. The van der Waals surface area contributed by atoms with Crippen LogP contribution in [0.3, 0.4) is 0 Å². The third-order valence-electron chi connectivity index (χ3n) is 5.59. The number of carbonyl (C=O) groups is 1. The number of anilines is 1. The van der Waals surface area contributed by atoms with Crippen LogP contribution in [0, 0.1) is 25.2 Å². The number of carbonyl (C=O) groups excluding carboxylic acids is 1. The van der Waals surface area contributed by atoms with Crippen LogP contribution in [0.25, 0.3) is 17.3 Å². The van der Waals surface area contributed by atoms with Crippen molar-refractivity contribution in [1.82, 2.24) is 4.57 Å².